The highest BCUT2D eigenvalue weighted by Gasteiger charge is 2.05. The minimum Gasteiger partial charge on any atom is -0.463 e. The number of rotatable bonds is 16. The van der Waals surface area contributed by atoms with E-state index in [0.29, 0.717) is 6.61 Å². The second-order valence-electron chi connectivity index (χ2n) is 6.31. The van der Waals surface area contributed by atoms with E-state index in [1.807, 2.05) is 37.3 Å². The van der Waals surface area contributed by atoms with Gasteiger partial charge in [0.15, 0.2) is 0 Å². The van der Waals surface area contributed by atoms with E-state index in [9.17, 15) is 4.79 Å². The number of carbonyl (C=O) groups excluding carboxylic acids is 1. The first-order valence-electron chi connectivity index (χ1n) is 10.1. The Hall–Kier alpha value is -1.89. The largest absolute Gasteiger partial charge is 0.463 e. The number of esters is 1. The number of hydrogen-bond donors (Lipinski definition) is 4. The first kappa shape index (κ1) is 23.1. The lowest BCUT2D eigenvalue weighted by molar-refractivity contribution is -0.137. The molecule has 0 spiro atoms. The van der Waals surface area contributed by atoms with Crippen LogP contribution >= 0.6 is 0 Å². The predicted octanol–water partition coefficient (Wildman–Crippen LogP) is 1.88. The molecular weight excluding hydrogens is 340 g/mol. The van der Waals surface area contributed by atoms with E-state index in [1.165, 1.54) is 18.9 Å². The Labute approximate surface area is 163 Å². The standard InChI is InChI=1S/C21H36N4O2/c1-2-27-21(26)18-20(19-10-4-3-5-11-19)25-17-9-16-24-14-7-6-13-23-15-8-12-22/h3-5,10-11,18,23-25H,2,6-9,12-17,22H2,1H3/b20-18-. The molecule has 0 bridgehead atoms. The zero-order valence-electron chi connectivity index (χ0n) is 16.6. The molecule has 1 aromatic rings. The zero-order valence-corrected chi connectivity index (χ0v) is 16.6. The molecule has 0 aromatic heterocycles. The van der Waals surface area contributed by atoms with Crippen molar-refractivity contribution in [2.45, 2.75) is 32.6 Å². The Morgan fingerprint density at radius 1 is 0.963 bits per heavy atom. The first-order valence-corrected chi connectivity index (χ1v) is 10.1. The van der Waals surface area contributed by atoms with Gasteiger partial charge in [-0.05, 0) is 70.9 Å². The summed E-state index contributed by atoms with van der Waals surface area (Å²) in [5, 5.41) is 10.2. The normalized spacial score (nSPS) is 11.4. The summed E-state index contributed by atoms with van der Waals surface area (Å²) in [6.45, 7) is 7.79. The molecule has 152 valence electrons. The molecule has 5 N–H and O–H groups in total. The molecule has 0 aliphatic carbocycles. The number of unbranched alkanes of at least 4 members (excludes halogenated alkanes) is 1. The molecule has 0 saturated heterocycles. The molecule has 1 rings (SSSR count). The molecule has 0 saturated carbocycles. The van der Waals surface area contributed by atoms with Crippen LogP contribution in [-0.4, -0.2) is 51.8 Å². The van der Waals surface area contributed by atoms with E-state index in [2.05, 4.69) is 16.0 Å². The maximum atomic E-state index is 11.8. The van der Waals surface area contributed by atoms with E-state index >= 15 is 0 Å². The van der Waals surface area contributed by atoms with E-state index in [1.54, 1.807) is 0 Å². The fraction of sp³-hybridized carbons (Fsp3) is 0.571. The van der Waals surface area contributed by atoms with Crippen LogP contribution in [0.3, 0.4) is 0 Å². The Balaban J connectivity index is 2.18. The number of hydrogen-bond acceptors (Lipinski definition) is 6. The van der Waals surface area contributed by atoms with Crippen molar-refractivity contribution in [2.24, 2.45) is 5.73 Å². The maximum Gasteiger partial charge on any atom is 0.332 e. The van der Waals surface area contributed by atoms with Gasteiger partial charge in [-0.3, -0.25) is 0 Å². The van der Waals surface area contributed by atoms with Gasteiger partial charge in [0.05, 0.1) is 6.61 Å². The van der Waals surface area contributed by atoms with Crippen LogP contribution in [0.1, 0.15) is 38.2 Å². The third-order valence-corrected chi connectivity index (χ3v) is 3.99. The van der Waals surface area contributed by atoms with Crippen molar-refractivity contribution in [2.75, 3.05) is 45.9 Å². The van der Waals surface area contributed by atoms with Crippen molar-refractivity contribution in [3.05, 3.63) is 42.0 Å². The monoisotopic (exact) mass is 376 g/mol. The Kier molecular flexibility index (Phi) is 14.0. The van der Waals surface area contributed by atoms with Crippen molar-refractivity contribution in [1.29, 1.82) is 0 Å². The fourth-order valence-electron chi connectivity index (χ4n) is 2.57. The third kappa shape index (κ3) is 12.2. The summed E-state index contributed by atoms with van der Waals surface area (Å²) in [5.74, 6) is -0.318. The van der Waals surface area contributed by atoms with Gasteiger partial charge in [0, 0.05) is 18.3 Å². The molecular formula is C21H36N4O2. The first-order chi connectivity index (χ1) is 13.3. The van der Waals surface area contributed by atoms with Gasteiger partial charge in [-0.15, -0.1) is 0 Å². The number of nitrogens with one attached hydrogen (secondary N) is 3. The predicted molar refractivity (Wildman–Crippen MR) is 112 cm³/mol. The van der Waals surface area contributed by atoms with Gasteiger partial charge in [-0.2, -0.15) is 0 Å². The van der Waals surface area contributed by atoms with Crippen LogP contribution in [0.2, 0.25) is 0 Å². The minimum absolute atomic E-state index is 0.318. The van der Waals surface area contributed by atoms with Crippen LogP contribution in [0.5, 0.6) is 0 Å². The average Bonchev–Trinajstić information content (AvgIpc) is 2.69. The molecule has 0 atom stereocenters. The number of nitrogens with two attached hydrogens (primary N) is 1. The van der Waals surface area contributed by atoms with Gasteiger partial charge in [0.1, 0.15) is 0 Å². The van der Waals surface area contributed by atoms with E-state index in [-0.39, 0.29) is 5.97 Å². The van der Waals surface area contributed by atoms with Crippen molar-refractivity contribution in [1.82, 2.24) is 16.0 Å². The third-order valence-electron chi connectivity index (χ3n) is 3.99. The summed E-state index contributed by atoms with van der Waals surface area (Å²) in [5.41, 5.74) is 7.25. The van der Waals surface area contributed by atoms with E-state index in [0.717, 1.165) is 63.4 Å². The Morgan fingerprint density at radius 2 is 1.59 bits per heavy atom. The highest BCUT2D eigenvalue weighted by atomic mass is 16.5. The van der Waals surface area contributed by atoms with Crippen LogP contribution in [0.15, 0.2) is 36.4 Å². The van der Waals surface area contributed by atoms with Crippen LogP contribution in [0, 0.1) is 0 Å². The number of benzene rings is 1. The topological polar surface area (TPSA) is 88.4 Å². The fourth-order valence-corrected chi connectivity index (χ4v) is 2.57. The average molecular weight is 377 g/mol. The molecule has 1 aromatic carbocycles. The van der Waals surface area contributed by atoms with Crippen molar-refractivity contribution in [3.8, 4) is 0 Å². The molecule has 0 fully saturated rings. The molecule has 6 nitrogen and oxygen atoms in total. The van der Waals surface area contributed by atoms with E-state index < -0.39 is 0 Å². The lowest BCUT2D eigenvalue weighted by atomic mass is 10.1. The summed E-state index contributed by atoms with van der Waals surface area (Å²) in [7, 11) is 0. The van der Waals surface area contributed by atoms with Gasteiger partial charge in [0.2, 0.25) is 0 Å². The van der Waals surface area contributed by atoms with E-state index in [4.69, 9.17) is 10.5 Å². The van der Waals surface area contributed by atoms with Gasteiger partial charge >= 0.3 is 5.97 Å². The molecule has 0 heterocycles. The van der Waals surface area contributed by atoms with Crippen LogP contribution in [-0.2, 0) is 9.53 Å². The van der Waals surface area contributed by atoms with Gasteiger partial charge in [-0.25, -0.2) is 4.79 Å². The Morgan fingerprint density at radius 3 is 2.22 bits per heavy atom. The van der Waals surface area contributed by atoms with Gasteiger partial charge < -0.3 is 26.4 Å². The van der Waals surface area contributed by atoms with Crippen molar-refractivity contribution >= 4 is 11.7 Å². The quantitative estimate of drug-likeness (QED) is 0.200. The molecule has 0 aliphatic heterocycles. The lowest BCUT2D eigenvalue weighted by Gasteiger charge is -2.12. The van der Waals surface area contributed by atoms with Crippen LogP contribution in [0.4, 0.5) is 0 Å². The summed E-state index contributed by atoms with van der Waals surface area (Å²) < 4.78 is 5.03. The lowest BCUT2D eigenvalue weighted by Crippen LogP contribution is -2.24. The highest BCUT2D eigenvalue weighted by Crippen LogP contribution is 2.11. The molecule has 0 unspecified atom stereocenters. The number of ether oxygens (including phenoxy) is 1. The molecule has 27 heavy (non-hydrogen) atoms. The molecule has 6 heteroatoms. The second-order valence-corrected chi connectivity index (χ2v) is 6.31. The molecule has 0 amide bonds. The highest BCUT2D eigenvalue weighted by molar-refractivity contribution is 5.90. The number of carbonyl (C=O) groups is 1. The summed E-state index contributed by atoms with van der Waals surface area (Å²) in [6, 6.07) is 9.85. The second kappa shape index (κ2) is 16.3. The summed E-state index contributed by atoms with van der Waals surface area (Å²) >= 11 is 0. The summed E-state index contributed by atoms with van der Waals surface area (Å²) in [6.07, 6.45) is 5.91. The zero-order chi connectivity index (χ0) is 19.6. The van der Waals surface area contributed by atoms with Crippen LogP contribution in [0.25, 0.3) is 5.70 Å². The Bertz CT molecular complexity index is 520. The smallest absolute Gasteiger partial charge is 0.332 e. The minimum atomic E-state index is -0.318. The van der Waals surface area contributed by atoms with Crippen molar-refractivity contribution < 1.29 is 9.53 Å². The van der Waals surface area contributed by atoms with Crippen molar-refractivity contribution in [3.63, 3.8) is 0 Å². The van der Waals surface area contributed by atoms with Crippen LogP contribution < -0.4 is 21.7 Å². The summed E-state index contributed by atoms with van der Waals surface area (Å²) in [4.78, 5) is 11.8. The van der Waals surface area contributed by atoms with Gasteiger partial charge in [0.25, 0.3) is 0 Å². The maximum absolute atomic E-state index is 11.8. The SMILES string of the molecule is CCOC(=O)/C=C(\NCCCNCCCCNCCCN)c1ccccc1. The van der Waals surface area contributed by atoms with Gasteiger partial charge in [-0.1, -0.05) is 30.3 Å². The molecule has 0 radical (unpaired) electrons. The molecule has 0 aliphatic rings.